The zero-order valence-corrected chi connectivity index (χ0v) is 13.3. The molecule has 1 unspecified atom stereocenters. The molecule has 120 valence electrons. The third-order valence-electron chi connectivity index (χ3n) is 4.54. The highest BCUT2D eigenvalue weighted by Crippen LogP contribution is 2.19. The first-order valence-electron chi connectivity index (χ1n) is 7.99. The Balaban J connectivity index is 1.93. The highest BCUT2D eigenvalue weighted by atomic mass is 19.1. The largest absolute Gasteiger partial charge is 0.307 e. The summed E-state index contributed by atoms with van der Waals surface area (Å²) >= 11 is 0. The molecule has 1 aromatic carbocycles. The van der Waals surface area contributed by atoms with E-state index >= 15 is 0 Å². The summed E-state index contributed by atoms with van der Waals surface area (Å²) in [6.45, 7) is 4.38. The number of halogens is 1. The lowest BCUT2D eigenvalue weighted by Crippen LogP contribution is -2.39. The Morgan fingerprint density at radius 3 is 2.91 bits per heavy atom. The number of nitriles is 1. The van der Waals surface area contributed by atoms with Crippen molar-refractivity contribution in [2.45, 2.75) is 32.5 Å². The lowest BCUT2D eigenvalue weighted by molar-refractivity contribution is 0.135. The van der Waals surface area contributed by atoms with E-state index in [-0.39, 0.29) is 5.56 Å². The van der Waals surface area contributed by atoms with Crippen LogP contribution in [0.4, 0.5) is 4.39 Å². The molecule has 1 aliphatic heterocycles. The van der Waals surface area contributed by atoms with Crippen LogP contribution in [0.15, 0.2) is 29.1 Å². The van der Waals surface area contributed by atoms with Crippen LogP contribution in [0.3, 0.4) is 0 Å². The average Bonchev–Trinajstić information content (AvgIpc) is 2.54. The van der Waals surface area contributed by atoms with Crippen LogP contribution in [0, 0.1) is 18.3 Å². The molecule has 23 heavy (non-hydrogen) atoms. The number of pyridine rings is 1. The smallest absolute Gasteiger partial charge is 0.251 e. The van der Waals surface area contributed by atoms with E-state index in [4.69, 9.17) is 5.26 Å². The van der Waals surface area contributed by atoms with Gasteiger partial charge in [0.2, 0.25) is 0 Å². The Hall–Kier alpha value is -2.19. The number of aryl methyl sites for hydroxylation is 1. The van der Waals surface area contributed by atoms with Gasteiger partial charge in [-0.1, -0.05) is 6.07 Å². The minimum Gasteiger partial charge on any atom is -0.307 e. The van der Waals surface area contributed by atoms with Gasteiger partial charge in [0.25, 0.3) is 5.56 Å². The molecule has 5 heteroatoms. The maximum Gasteiger partial charge on any atom is 0.251 e. The van der Waals surface area contributed by atoms with Gasteiger partial charge in [0.1, 0.15) is 6.17 Å². The molecule has 0 aliphatic carbocycles. The normalized spacial score (nSPS) is 18.9. The molecule has 1 aliphatic rings. The quantitative estimate of drug-likeness (QED) is 0.875. The number of rotatable bonds is 3. The van der Waals surface area contributed by atoms with Crippen molar-refractivity contribution in [3.63, 3.8) is 0 Å². The van der Waals surface area contributed by atoms with Crippen molar-refractivity contribution in [2.24, 2.45) is 0 Å². The number of aromatic nitrogens is 1. The fraction of sp³-hybridized carbons (Fsp3) is 0.444. The molecular weight excluding hydrogens is 293 g/mol. The third kappa shape index (κ3) is 3.27. The average molecular weight is 313 g/mol. The molecule has 2 heterocycles. The summed E-state index contributed by atoms with van der Waals surface area (Å²) in [7, 11) is 0. The lowest BCUT2D eigenvalue weighted by atomic mass is 10.1. The molecule has 1 fully saturated rings. The number of hydrogen-bond donors (Lipinski definition) is 0. The van der Waals surface area contributed by atoms with E-state index in [1.54, 1.807) is 22.8 Å². The molecule has 0 radical (unpaired) electrons. The second-order valence-electron chi connectivity index (χ2n) is 6.20. The van der Waals surface area contributed by atoms with E-state index in [9.17, 15) is 9.18 Å². The maximum absolute atomic E-state index is 13.5. The van der Waals surface area contributed by atoms with Crippen molar-refractivity contribution in [1.82, 2.24) is 9.47 Å². The zero-order valence-electron chi connectivity index (χ0n) is 13.3. The van der Waals surface area contributed by atoms with E-state index in [1.807, 2.05) is 13.0 Å². The van der Waals surface area contributed by atoms with Gasteiger partial charge >= 0.3 is 0 Å². The number of nitrogens with zero attached hydrogens (tertiary/aromatic N) is 3. The lowest BCUT2D eigenvalue weighted by Gasteiger charge is -2.29. The Kier molecular flexibility index (Phi) is 4.44. The second-order valence-corrected chi connectivity index (χ2v) is 6.20. The topological polar surface area (TPSA) is 49.0 Å². The summed E-state index contributed by atoms with van der Waals surface area (Å²) in [4.78, 5) is 14.4. The number of fused-ring (bicyclic) bond motifs is 1. The van der Waals surface area contributed by atoms with Crippen molar-refractivity contribution < 1.29 is 4.39 Å². The zero-order chi connectivity index (χ0) is 16.4. The van der Waals surface area contributed by atoms with Crippen molar-refractivity contribution >= 4 is 10.9 Å². The van der Waals surface area contributed by atoms with Gasteiger partial charge in [-0.25, -0.2) is 4.39 Å². The number of piperidine rings is 1. The molecular formula is C18H20FN3O. The van der Waals surface area contributed by atoms with Gasteiger partial charge in [0, 0.05) is 31.1 Å². The highest BCUT2D eigenvalue weighted by Gasteiger charge is 2.19. The van der Waals surface area contributed by atoms with E-state index < -0.39 is 6.17 Å². The maximum atomic E-state index is 13.5. The molecule has 3 rings (SSSR count). The molecule has 2 aromatic rings. The first-order valence-corrected chi connectivity index (χ1v) is 7.99. The molecule has 0 bridgehead atoms. The van der Waals surface area contributed by atoms with Gasteiger partial charge in [-0.15, -0.1) is 0 Å². The molecule has 1 saturated heterocycles. The summed E-state index contributed by atoms with van der Waals surface area (Å²) in [5.74, 6) is 0. The summed E-state index contributed by atoms with van der Waals surface area (Å²) < 4.78 is 15.2. The SMILES string of the molecule is Cc1cc(=O)n(CCN2CCCC(F)C2)c2cc(C#N)ccc12. The number of likely N-dealkylation sites (tertiary alicyclic amines) is 1. The molecule has 1 atom stereocenters. The van der Waals surface area contributed by atoms with Gasteiger partial charge < -0.3 is 4.57 Å². The minimum absolute atomic E-state index is 0.0705. The molecule has 0 N–H and O–H groups in total. The monoisotopic (exact) mass is 313 g/mol. The van der Waals surface area contributed by atoms with E-state index in [2.05, 4.69) is 11.0 Å². The van der Waals surface area contributed by atoms with Crippen LogP contribution < -0.4 is 5.56 Å². The fourth-order valence-corrected chi connectivity index (χ4v) is 3.29. The number of alkyl halides is 1. The van der Waals surface area contributed by atoms with Crippen molar-refractivity contribution in [3.05, 3.63) is 45.7 Å². The van der Waals surface area contributed by atoms with Crippen LogP contribution in [0.5, 0.6) is 0 Å². The van der Waals surface area contributed by atoms with Crippen LogP contribution in [0.25, 0.3) is 10.9 Å². The Morgan fingerprint density at radius 2 is 2.17 bits per heavy atom. The predicted molar refractivity (Wildman–Crippen MR) is 88.2 cm³/mol. The van der Waals surface area contributed by atoms with Gasteiger partial charge in [0.05, 0.1) is 17.1 Å². The molecule has 4 nitrogen and oxygen atoms in total. The Bertz CT molecular complexity index is 821. The third-order valence-corrected chi connectivity index (χ3v) is 4.54. The van der Waals surface area contributed by atoms with Gasteiger partial charge in [-0.05, 0) is 44.0 Å². The minimum atomic E-state index is -0.763. The van der Waals surface area contributed by atoms with Crippen molar-refractivity contribution in [1.29, 1.82) is 5.26 Å². The summed E-state index contributed by atoms with van der Waals surface area (Å²) in [6, 6.07) is 9.16. The van der Waals surface area contributed by atoms with Crippen molar-refractivity contribution in [2.75, 3.05) is 19.6 Å². The Labute approximate surface area is 134 Å². The molecule has 1 aromatic heterocycles. The van der Waals surface area contributed by atoms with Crippen LogP contribution >= 0.6 is 0 Å². The fourth-order valence-electron chi connectivity index (χ4n) is 3.29. The standard InChI is InChI=1S/C18H20FN3O/c1-13-9-18(23)22(8-7-21-6-2-3-15(19)12-21)17-10-14(11-20)4-5-16(13)17/h4-5,9-10,15H,2-3,6-8,12H2,1H3. The number of benzene rings is 1. The number of hydrogen-bond acceptors (Lipinski definition) is 3. The molecule has 0 spiro atoms. The van der Waals surface area contributed by atoms with Crippen LogP contribution in [0.2, 0.25) is 0 Å². The summed E-state index contributed by atoms with van der Waals surface area (Å²) in [6.07, 6.45) is 0.735. The first-order chi connectivity index (χ1) is 11.1. The predicted octanol–water partition coefficient (Wildman–Crippen LogP) is 2.62. The van der Waals surface area contributed by atoms with Crippen LogP contribution in [-0.2, 0) is 6.54 Å². The van der Waals surface area contributed by atoms with Crippen LogP contribution in [-0.4, -0.2) is 35.3 Å². The molecule has 0 amide bonds. The van der Waals surface area contributed by atoms with Gasteiger partial charge in [-0.2, -0.15) is 5.26 Å². The van der Waals surface area contributed by atoms with E-state index in [1.165, 1.54) is 0 Å². The second kappa shape index (κ2) is 6.51. The van der Waals surface area contributed by atoms with Crippen molar-refractivity contribution in [3.8, 4) is 6.07 Å². The van der Waals surface area contributed by atoms with Crippen LogP contribution in [0.1, 0.15) is 24.0 Å². The van der Waals surface area contributed by atoms with E-state index in [0.29, 0.717) is 31.6 Å². The van der Waals surface area contributed by atoms with E-state index in [0.717, 1.165) is 29.4 Å². The van der Waals surface area contributed by atoms with Gasteiger partial charge in [-0.3, -0.25) is 9.69 Å². The molecule has 0 saturated carbocycles. The van der Waals surface area contributed by atoms with Gasteiger partial charge in [0.15, 0.2) is 0 Å². The summed E-state index contributed by atoms with van der Waals surface area (Å²) in [5.41, 5.74) is 2.16. The Morgan fingerprint density at radius 1 is 1.35 bits per heavy atom. The highest BCUT2D eigenvalue weighted by molar-refractivity contribution is 5.83. The first kappa shape index (κ1) is 15.7. The summed E-state index contributed by atoms with van der Waals surface area (Å²) in [5, 5.41) is 10.1.